The van der Waals surface area contributed by atoms with Crippen LogP contribution in [-0.4, -0.2) is 20.8 Å². The molecule has 20 heavy (non-hydrogen) atoms. The molecule has 0 saturated heterocycles. The monoisotopic (exact) mass is 265 g/mol. The predicted octanol–water partition coefficient (Wildman–Crippen LogP) is 4.13. The second-order valence-corrected chi connectivity index (χ2v) is 5.36. The molecule has 0 amide bonds. The van der Waals surface area contributed by atoms with Gasteiger partial charge in [0.1, 0.15) is 0 Å². The average Bonchev–Trinajstić information content (AvgIpc) is 2.46. The van der Waals surface area contributed by atoms with Crippen molar-refractivity contribution >= 4 is 29.2 Å². The Balaban J connectivity index is 2.08. The molecule has 0 aliphatic rings. The van der Waals surface area contributed by atoms with Crippen molar-refractivity contribution < 1.29 is 0 Å². The zero-order chi connectivity index (χ0) is 14.5. The molecule has 2 aromatic rings. The Morgan fingerprint density at radius 1 is 0.750 bits per heavy atom. The van der Waals surface area contributed by atoms with Crippen LogP contribution in [0.4, 0.5) is 17.1 Å². The fourth-order valence-corrected chi connectivity index (χ4v) is 1.86. The summed E-state index contributed by atoms with van der Waals surface area (Å²) in [4.78, 5) is 2.06. The second-order valence-electron chi connectivity index (χ2n) is 5.36. The largest absolute Gasteiger partial charge is 0.378 e. The SMILES string of the molecule is CB(C)c1ccc(N=Nc2ccc(N(C)C)cc2)cc1. The van der Waals surface area contributed by atoms with Crippen LogP contribution in [0.2, 0.25) is 13.6 Å². The van der Waals surface area contributed by atoms with Crippen molar-refractivity contribution in [1.82, 2.24) is 0 Å². The van der Waals surface area contributed by atoms with Crippen molar-refractivity contribution in [3.8, 4) is 0 Å². The minimum Gasteiger partial charge on any atom is -0.378 e. The van der Waals surface area contributed by atoms with Crippen molar-refractivity contribution in [3.05, 3.63) is 48.5 Å². The van der Waals surface area contributed by atoms with Crippen LogP contribution in [0.1, 0.15) is 0 Å². The molecule has 0 spiro atoms. The third-order valence-electron chi connectivity index (χ3n) is 3.21. The highest BCUT2D eigenvalue weighted by Gasteiger charge is 2.01. The smallest absolute Gasteiger partial charge is 0.169 e. The summed E-state index contributed by atoms with van der Waals surface area (Å²) in [5.41, 5.74) is 4.22. The topological polar surface area (TPSA) is 28.0 Å². The number of hydrogen-bond acceptors (Lipinski definition) is 3. The fourth-order valence-electron chi connectivity index (χ4n) is 1.86. The van der Waals surface area contributed by atoms with Gasteiger partial charge in [0.2, 0.25) is 0 Å². The van der Waals surface area contributed by atoms with Gasteiger partial charge in [0, 0.05) is 19.8 Å². The minimum atomic E-state index is 0.541. The molecule has 2 rings (SSSR count). The van der Waals surface area contributed by atoms with Gasteiger partial charge in [0.15, 0.2) is 6.71 Å². The van der Waals surface area contributed by atoms with Gasteiger partial charge in [-0.3, -0.25) is 0 Å². The van der Waals surface area contributed by atoms with Crippen molar-refractivity contribution in [2.45, 2.75) is 13.6 Å². The lowest BCUT2D eigenvalue weighted by atomic mass is 9.49. The lowest BCUT2D eigenvalue weighted by Gasteiger charge is -2.11. The number of benzene rings is 2. The van der Waals surface area contributed by atoms with E-state index < -0.39 is 0 Å². The molecule has 3 nitrogen and oxygen atoms in total. The Kier molecular flexibility index (Phi) is 4.56. The van der Waals surface area contributed by atoms with E-state index in [0.29, 0.717) is 6.71 Å². The van der Waals surface area contributed by atoms with Crippen LogP contribution < -0.4 is 10.4 Å². The zero-order valence-corrected chi connectivity index (χ0v) is 12.5. The summed E-state index contributed by atoms with van der Waals surface area (Å²) in [6.07, 6.45) is 0. The summed E-state index contributed by atoms with van der Waals surface area (Å²) in [6, 6.07) is 16.2. The van der Waals surface area contributed by atoms with Crippen LogP contribution in [0.15, 0.2) is 58.8 Å². The van der Waals surface area contributed by atoms with Gasteiger partial charge in [-0.1, -0.05) is 31.2 Å². The third kappa shape index (κ3) is 3.70. The zero-order valence-electron chi connectivity index (χ0n) is 12.5. The number of rotatable bonds is 4. The Labute approximate surface area is 121 Å². The first-order valence-electron chi connectivity index (χ1n) is 6.85. The number of anilines is 1. The molecule has 0 unspecified atom stereocenters. The van der Waals surface area contributed by atoms with Gasteiger partial charge in [-0.05, 0) is 36.4 Å². The first kappa shape index (κ1) is 14.3. The molecule has 4 heteroatoms. The lowest BCUT2D eigenvalue weighted by molar-refractivity contribution is 1.13. The van der Waals surface area contributed by atoms with E-state index in [1.54, 1.807) is 0 Å². The standard InChI is InChI=1S/C16H20BN3/c1-17(2)13-5-7-14(8-6-13)18-19-15-9-11-16(12-10-15)20(3)4/h5-12H,1-4H3. The third-order valence-corrected chi connectivity index (χ3v) is 3.21. The summed E-state index contributed by atoms with van der Waals surface area (Å²) in [6.45, 7) is 4.91. The van der Waals surface area contributed by atoms with E-state index in [4.69, 9.17) is 0 Å². The first-order valence-corrected chi connectivity index (χ1v) is 6.85. The second kappa shape index (κ2) is 6.37. The van der Waals surface area contributed by atoms with Gasteiger partial charge in [-0.15, -0.1) is 0 Å². The maximum absolute atomic E-state index is 4.26. The van der Waals surface area contributed by atoms with E-state index in [1.807, 2.05) is 50.5 Å². The van der Waals surface area contributed by atoms with Crippen molar-refractivity contribution in [2.24, 2.45) is 10.2 Å². The number of hydrogen-bond donors (Lipinski definition) is 0. The van der Waals surface area contributed by atoms with Gasteiger partial charge in [0.25, 0.3) is 0 Å². The van der Waals surface area contributed by atoms with Crippen LogP contribution in [0.3, 0.4) is 0 Å². The van der Waals surface area contributed by atoms with Crippen LogP contribution in [0.5, 0.6) is 0 Å². The molecule has 0 N–H and O–H groups in total. The van der Waals surface area contributed by atoms with E-state index >= 15 is 0 Å². The Morgan fingerprint density at radius 3 is 1.60 bits per heavy atom. The molecule has 102 valence electrons. The van der Waals surface area contributed by atoms with Gasteiger partial charge >= 0.3 is 0 Å². The molecular formula is C16H20BN3. The molecule has 0 radical (unpaired) electrons. The highest BCUT2D eigenvalue weighted by atomic mass is 15.1. The Morgan fingerprint density at radius 2 is 1.20 bits per heavy atom. The summed E-state index contributed by atoms with van der Waals surface area (Å²) in [5, 5.41) is 8.52. The average molecular weight is 265 g/mol. The van der Waals surface area contributed by atoms with Crippen molar-refractivity contribution in [2.75, 3.05) is 19.0 Å². The van der Waals surface area contributed by atoms with Crippen molar-refractivity contribution in [3.63, 3.8) is 0 Å². The highest BCUT2D eigenvalue weighted by molar-refractivity contribution is 6.70. The maximum Gasteiger partial charge on any atom is 0.169 e. The molecule has 0 bridgehead atoms. The summed E-state index contributed by atoms with van der Waals surface area (Å²) in [7, 11) is 4.04. The van der Waals surface area contributed by atoms with E-state index in [2.05, 4.69) is 40.9 Å². The van der Waals surface area contributed by atoms with Crippen molar-refractivity contribution in [1.29, 1.82) is 0 Å². The molecule has 2 aromatic carbocycles. The fraction of sp³-hybridized carbons (Fsp3) is 0.250. The molecule has 0 saturated carbocycles. The van der Waals surface area contributed by atoms with E-state index in [-0.39, 0.29) is 0 Å². The van der Waals surface area contributed by atoms with E-state index in [1.165, 1.54) is 5.46 Å². The molecular weight excluding hydrogens is 245 g/mol. The van der Waals surface area contributed by atoms with E-state index in [9.17, 15) is 0 Å². The highest BCUT2D eigenvalue weighted by Crippen LogP contribution is 2.20. The Bertz CT molecular complexity index is 518. The Hall–Kier alpha value is -2.10. The van der Waals surface area contributed by atoms with Crippen LogP contribution in [0.25, 0.3) is 0 Å². The molecule has 0 aromatic heterocycles. The van der Waals surface area contributed by atoms with Gasteiger partial charge < -0.3 is 4.90 Å². The lowest BCUT2D eigenvalue weighted by Crippen LogP contribution is -2.21. The molecule has 0 aliphatic carbocycles. The maximum atomic E-state index is 4.26. The van der Waals surface area contributed by atoms with Gasteiger partial charge in [-0.25, -0.2) is 0 Å². The van der Waals surface area contributed by atoms with Gasteiger partial charge in [0.05, 0.1) is 11.4 Å². The van der Waals surface area contributed by atoms with Crippen LogP contribution >= 0.6 is 0 Å². The van der Waals surface area contributed by atoms with Crippen LogP contribution in [-0.2, 0) is 0 Å². The molecule has 0 aliphatic heterocycles. The summed E-state index contributed by atoms with van der Waals surface area (Å²) < 4.78 is 0. The quantitative estimate of drug-likeness (QED) is 0.603. The minimum absolute atomic E-state index is 0.541. The molecule has 0 atom stereocenters. The normalized spacial score (nSPS) is 10.8. The van der Waals surface area contributed by atoms with Crippen LogP contribution in [0, 0.1) is 0 Å². The number of nitrogens with zero attached hydrogens (tertiary/aromatic N) is 3. The first-order chi connectivity index (χ1) is 9.56. The molecule has 0 heterocycles. The summed E-state index contributed by atoms with van der Waals surface area (Å²) >= 11 is 0. The molecule has 0 fully saturated rings. The number of azo groups is 1. The summed E-state index contributed by atoms with van der Waals surface area (Å²) in [5.74, 6) is 0. The predicted molar refractivity (Wildman–Crippen MR) is 88.5 cm³/mol. The van der Waals surface area contributed by atoms with E-state index in [0.717, 1.165) is 17.1 Å². The van der Waals surface area contributed by atoms with Gasteiger partial charge in [-0.2, -0.15) is 10.2 Å².